The van der Waals surface area contributed by atoms with E-state index < -0.39 is 0 Å². The summed E-state index contributed by atoms with van der Waals surface area (Å²) in [6, 6.07) is 0. The van der Waals surface area contributed by atoms with Crippen molar-refractivity contribution in [3.05, 3.63) is 0 Å². The van der Waals surface area contributed by atoms with E-state index >= 15 is 0 Å². The van der Waals surface area contributed by atoms with Crippen LogP contribution in [0.5, 0.6) is 0 Å². The van der Waals surface area contributed by atoms with Crippen LogP contribution >= 0.6 is 0 Å². The van der Waals surface area contributed by atoms with Gasteiger partial charge >= 0.3 is 0 Å². The van der Waals surface area contributed by atoms with Crippen LogP contribution in [0.2, 0.25) is 0 Å². The van der Waals surface area contributed by atoms with E-state index in [4.69, 9.17) is 0 Å². The minimum Gasteiger partial charge on any atom is -0.350 e. The zero-order valence-electron chi connectivity index (χ0n) is 17.9. The molecule has 2 atom stereocenters. The van der Waals surface area contributed by atoms with E-state index in [-0.39, 0.29) is 54.0 Å². The lowest BCUT2D eigenvalue weighted by atomic mass is 9.81. The van der Waals surface area contributed by atoms with E-state index in [2.05, 4.69) is 5.32 Å². The first kappa shape index (κ1) is 21.7. The molecular formula is C21H34N4O4. The van der Waals surface area contributed by atoms with Crippen LogP contribution < -0.4 is 5.32 Å². The van der Waals surface area contributed by atoms with Gasteiger partial charge in [-0.3, -0.25) is 29.0 Å². The third-order valence-electron chi connectivity index (χ3n) is 6.09. The van der Waals surface area contributed by atoms with Crippen molar-refractivity contribution in [1.82, 2.24) is 20.0 Å². The summed E-state index contributed by atoms with van der Waals surface area (Å²) in [5.74, 6) is -0.517. The van der Waals surface area contributed by atoms with Gasteiger partial charge in [0, 0.05) is 44.7 Å². The van der Waals surface area contributed by atoms with Gasteiger partial charge in [0.2, 0.25) is 23.6 Å². The zero-order valence-corrected chi connectivity index (χ0v) is 17.9. The molecule has 2 heterocycles. The summed E-state index contributed by atoms with van der Waals surface area (Å²) >= 11 is 0. The lowest BCUT2D eigenvalue weighted by Gasteiger charge is -2.35. The van der Waals surface area contributed by atoms with Gasteiger partial charge in [0.1, 0.15) is 0 Å². The van der Waals surface area contributed by atoms with Crippen molar-refractivity contribution in [2.24, 2.45) is 11.8 Å². The largest absolute Gasteiger partial charge is 0.350 e. The Morgan fingerprint density at radius 1 is 0.966 bits per heavy atom. The van der Waals surface area contributed by atoms with Crippen molar-refractivity contribution in [2.75, 3.05) is 39.3 Å². The highest BCUT2D eigenvalue weighted by molar-refractivity contribution is 6.05. The molecule has 0 aromatic rings. The molecule has 2 saturated heterocycles. The molecule has 3 fully saturated rings. The Balaban J connectivity index is 1.42. The molecule has 1 N–H and O–H groups in total. The summed E-state index contributed by atoms with van der Waals surface area (Å²) in [5.41, 5.74) is -0.253. The topological polar surface area (TPSA) is 90.0 Å². The van der Waals surface area contributed by atoms with E-state index in [0.717, 1.165) is 25.7 Å². The van der Waals surface area contributed by atoms with E-state index in [1.54, 1.807) is 4.90 Å². The summed E-state index contributed by atoms with van der Waals surface area (Å²) in [4.78, 5) is 54.8. The summed E-state index contributed by atoms with van der Waals surface area (Å²) < 4.78 is 0. The molecule has 29 heavy (non-hydrogen) atoms. The van der Waals surface area contributed by atoms with E-state index in [1.807, 2.05) is 25.7 Å². The average molecular weight is 407 g/mol. The molecule has 4 amide bonds. The van der Waals surface area contributed by atoms with Gasteiger partial charge in [-0.25, -0.2) is 0 Å². The number of amides is 4. The monoisotopic (exact) mass is 406 g/mol. The molecule has 0 aromatic heterocycles. The maximum Gasteiger partial charge on any atom is 0.234 e. The molecule has 2 aliphatic heterocycles. The molecule has 0 aromatic carbocycles. The van der Waals surface area contributed by atoms with Crippen LogP contribution in [0, 0.1) is 11.8 Å². The molecule has 1 aliphatic carbocycles. The summed E-state index contributed by atoms with van der Waals surface area (Å²) in [6.07, 6.45) is 3.78. The SMILES string of the molecule is CC(C)(C)NC(=O)CN1CCN(C(=O)CCN2C(=O)[C@H]3CCCC[C@H]3C2=O)CC1. The van der Waals surface area contributed by atoms with Gasteiger partial charge < -0.3 is 10.2 Å². The second-order valence-corrected chi connectivity index (χ2v) is 9.53. The molecule has 0 radical (unpaired) electrons. The van der Waals surface area contributed by atoms with Crippen LogP contribution in [0.1, 0.15) is 52.9 Å². The maximum atomic E-state index is 12.6. The Kier molecular flexibility index (Phi) is 6.61. The predicted molar refractivity (Wildman–Crippen MR) is 108 cm³/mol. The Morgan fingerprint density at radius 3 is 2.03 bits per heavy atom. The molecule has 0 unspecified atom stereocenters. The average Bonchev–Trinajstić information content (AvgIpc) is 2.90. The number of nitrogens with one attached hydrogen (secondary N) is 1. The van der Waals surface area contributed by atoms with Gasteiger partial charge in [0.05, 0.1) is 18.4 Å². The fourth-order valence-corrected chi connectivity index (χ4v) is 4.63. The molecule has 8 nitrogen and oxygen atoms in total. The number of hydrogen-bond donors (Lipinski definition) is 1. The van der Waals surface area contributed by atoms with Gasteiger partial charge in [-0.2, -0.15) is 0 Å². The molecule has 3 aliphatic rings. The van der Waals surface area contributed by atoms with Crippen LogP contribution in [-0.2, 0) is 19.2 Å². The molecular weight excluding hydrogens is 372 g/mol. The Morgan fingerprint density at radius 2 is 1.52 bits per heavy atom. The Labute approximate surface area is 172 Å². The molecule has 3 rings (SSSR count). The second-order valence-electron chi connectivity index (χ2n) is 9.53. The van der Waals surface area contributed by atoms with Crippen LogP contribution in [0.25, 0.3) is 0 Å². The van der Waals surface area contributed by atoms with Crippen molar-refractivity contribution in [3.63, 3.8) is 0 Å². The van der Waals surface area contributed by atoms with Gasteiger partial charge in [-0.05, 0) is 33.6 Å². The first-order valence-electron chi connectivity index (χ1n) is 10.8. The minimum atomic E-state index is -0.253. The highest BCUT2D eigenvalue weighted by Crippen LogP contribution is 2.38. The summed E-state index contributed by atoms with van der Waals surface area (Å²) in [6.45, 7) is 8.80. The zero-order chi connectivity index (χ0) is 21.2. The number of fused-ring (bicyclic) bond motifs is 1. The highest BCUT2D eigenvalue weighted by atomic mass is 16.2. The molecule has 0 bridgehead atoms. The van der Waals surface area contributed by atoms with Crippen molar-refractivity contribution < 1.29 is 19.2 Å². The fourth-order valence-electron chi connectivity index (χ4n) is 4.63. The van der Waals surface area contributed by atoms with Crippen molar-refractivity contribution in [2.45, 2.75) is 58.4 Å². The van der Waals surface area contributed by atoms with Crippen LogP contribution in [0.15, 0.2) is 0 Å². The standard InChI is InChI=1S/C21H34N4O4/c1-21(2,3)22-17(26)14-23-10-12-24(13-11-23)18(27)8-9-25-19(28)15-6-4-5-7-16(15)20(25)29/h15-16H,4-14H2,1-3H3,(H,22,26)/t15-,16+. The lowest BCUT2D eigenvalue weighted by Crippen LogP contribution is -2.53. The quantitative estimate of drug-likeness (QED) is 0.676. The third kappa shape index (κ3) is 5.35. The van der Waals surface area contributed by atoms with Crippen molar-refractivity contribution >= 4 is 23.6 Å². The molecule has 0 spiro atoms. The Bertz CT molecular complexity index is 640. The van der Waals surface area contributed by atoms with Gasteiger partial charge in [0.25, 0.3) is 0 Å². The van der Waals surface area contributed by atoms with Crippen molar-refractivity contribution in [3.8, 4) is 0 Å². The van der Waals surface area contributed by atoms with E-state index in [0.29, 0.717) is 32.7 Å². The normalized spacial score (nSPS) is 25.9. The maximum absolute atomic E-state index is 12.6. The van der Waals surface area contributed by atoms with E-state index in [9.17, 15) is 19.2 Å². The van der Waals surface area contributed by atoms with Crippen LogP contribution in [-0.4, -0.2) is 83.1 Å². The number of imide groups is 1. The molecule has 1 saturated carbocycles. The number of hydrogen-bond acceptors (Lipinski definition) is 5. The Hall–Kier alpha value is -1.96. The van der Waals surface area contributed by atoms with Crippen LogP contribution in [0.3, 0.4) is 0 Å². The predicted octanol–water partition coefficient (Wildman–Crippen LogP) is 0.611. The van der Waals surface area contributed by atoms with Gasteiger partial charge in [0.15, 0.2) is 0 Å². The first-order chi connectivity index (χ1) is 13.7. The first-order valence-corrected chi connectivity index (χ1v) is 10.8. The molecule has 162 valence electrons. The van der Waals surface area contributed by atoms with Gasteiger partial charge in [-0.15, -0.1) is 0 Å². The smallest absolute Gasteiger partial charge is 0.234 e. The van der Waals surface area contributed by atoms with Gasteiger partial charge in [-0.1, -0.05) is 12.8 Å². The minimum absolute atomic E-state index is 0.00944. The summed E-state index contributed by atoms with van der Waals surface area (Å²) in [7, 11) is 0. The number of nitrogens with zero attached hydrogens (tertiary/aromatic N) is 3. The molecule has 8 heteroatoms. The number of carbonyl (C=O) groups excluding carboxylic acids is 4. The second kappa shape index (κ2) is 8.81. The van der Waals surface area contributed by atoms with E-state index in [1.165, 1.54) is 4.90 Å². The summed E-state index contributed by atoms with van der Waals surface area (Å²) in [5, 5.41) is 2.95. The number of carbonyl (C=O) groups is 4. The lowest BCUT2D eigenvalue weighted by molar-refractivity contribution is -0.141. The van der Waals surface area contributed by atoms with Crippen LogP contribution in [0.4, 0.5) is 0 Å². The number of piperazine rings is 1. The highest BCUT2D eigenvalue weighted by Gasteiger charge is 2.47. The number of rotatable bonds is 5. The van der Waals surface area contributed by atoms with Crippen molar-refractivity contribution in [1.29, 1.82) is 0 Å². The fraction of sp³-hybridized carbons (Fsp3) is 0.810. The number of likely N-dealkylation sites (tertiary alicyclic amines) is 1. The third-order valence-corrected chi connectivity index (χ3v) is 6.09.